The van der Waals surface area contributed by atoms with Crippen molar-refractivity contribution in [3.8, 4) is 0 Å². The zero-order chi connectivity index (χ0) is 29.0. The van der Waals surface area contributed by atoms with Gasteiger partial charge in [0.2, 0.25) is 0 Å². The van der Waals surface area contributed by atoms with Crippen LogP contribution >= 0.6 is 0 Å². The molecule has 216 valence electrons. The molecule has 0 amide bonds. The van der Waals surface area contributed by atoms with Crippen LogP contribution in [0.1, 0.15) is 22.3 Å². The molecule has 4 aromatic rings. The third-order valence-electron chi connectivity index (χ3n) is 7.32. The van der Waals surface area contributed by atoms with Gasteiger partial charge in [-0.3, -0.25) is 0 Å². The van der Waals surface area contributed by atoms with E-state index in [1.807, 2.05) is 121 Å². The first-order chi connectivity index (χ1) is 20.7. The van der Waals surface area contributed by atoms with Gasteiger partial charge in [0, 0.05) is 4.91 Å². The zero-order valence-corrected chi connectivity index (χ0v) is 23.3. The van der Waals surface area contributed by atoms with Crippen molar-refractivity contribution in [2.75, 3.05) is 0 Å². The first-order valence-electron chi connectivity index (χ1n) is 14.1. The predicted molar refractivity (Wildman–Crippen MR) is 159 cm³/mol. The van der Waals surface area contributed by atoms with Gasteiger partial charge in [-0.2, -0.15) is 0 Å². The molecule has 6 atom stereocenters. The third-order valence-corrected chi connectivity index (χ3v) is 7.32. The van der Waals surface area contributed by atoms with Gasteiger partial charge in [0.25, 0.3) is 0 Å². The second kappa shape index (κ2) is 15.3. The molecule has 1 aliphatic carbocycles. The Bertz CT molecular complexity index is 1390. The lowest BCUT2D eigenvalue weighted by molar-refractivity contribution is -0.246. The highest BCUT2D eigenvalue weighted by Crippen LogP contribution is 2.34. The average Bonchev–Trinajstić information content (AvgIpc) is 3.05. The van der Waals surface area contributed by atoms with Gasteiger partial charge in [-0.25, -0.2) is 0 Å². The predicted octanol–water partition coefficient (Wildman–Crippen LogP) is 6.38. The summed E-state index contributed by atoms with van der Waals surface area (Å²) in [5.41, 5.74) is 13.3. The van der Waals surface area contributed by atoms with Crippen LogP contribution in [0.4, 0.5) is 0 Å². The van der Waals surface area contributed by atoms with E-state index in [1.54, 1.807) is 0 Å². The van der Waals surface area contributed by atoms with E-state index < -0.39 is 36.6 Å². The van der Waals surface area contributed by atoms with Crippen molar-refractivity contribution >= 4 is 0 Å². The smallest absolute Gasteiger partial charge is 0.115 e. The van der Waals surface area contributed by atoms with Gasteiger partial charge < -0.3 is 24.1 Å². The van der Waals surface area contributed by atoms with Crippen molar-refractivity contribution in [1.82, 2.24) is 0 Å². The van der Waals surface area contributed by atoms with Crippen LogP contribution in [0.15, 0.2) is 126 Å². The van der Waals surface area contributed by atoms with Crippen molar-refractivity contribution in [2.45, 2.75) is 63.0 Å². The maximum Gasteiger partial charge on any atom is 0.115 e. The maximum absolute atomic E-state index is 11.7. The molecule has 0 bridgehead atoms. The molecule has 8 nitrogen and oxygen atoms in total. The Hall–Kier alpha value is -4.01. The summed E-state index contributed by atoms with van der Waals surface area (Å²) >= 11 is 0. The minimum Gasteiger partial charge on any atom is -0.390 e. The van der Waals surface area contributed by atoms with Gasteiger partial charge >= 0.3 is 0 Å². The zero-order valence-electron chi connectivity index (χ0n) is 23.3. The van der Waals surface area contributed by atoms with E-state index >= 15 is 0 Å². The summed E-state index contributed by atoms with van der Waals surface area (Å²) in [6.45, 7) is 1.01. The number of ether oxygens (including phenoxy) is 4. The summed E-state index contributed by atoms with van der Waals surface area (Å²) in [5.74, 6) is 0. The fraction of sp³-hybridized carbons (Fsp3) is 0.294. The molecular weight excluding hydrogens is 530 g/mol. The van der Waals surface area contributed by atoms with Gasteiger partial charge in [-0.1, -0.05) is 126 Å². The highest BCUT2D eigenvalue weighted by Gasteiger charge is 2.53. The number of aliphatic hydroxyl groups is 1. The first kappa shape index (κ1) is 29.5. The van der Waals surface area contributed by atoms with E-state index in [4.69, 9.17) is 18.9 Å². The molecular formula is C34H35N3O5. The number of benzene rings is 4. The minimum atomic E-state index is -1.21. The minimum absolute atomic E-state index is 0.234. The Morgan fingerprint density at radius 2 is 0.810 bits per heavy atom. The molecule has 42 heavy (non-hydrogen) atoms. The van der Waals surface area contributed by atoms with Crippen molar-refractivity contribution < 1.29 is 24.1 Å². The highest BCUT2D eigenvalue weighted by atomic mass is 16.6. The molecule has 0 aromatic heterocycles. The lowest BCUT2D eigenvalue weighted by Gasteiger charge is -2.47. The molecule has 4 aromatic carbocycles. The quantitative estimate of drug-likeness (QED) is 0.115. The highest BCUT2D eigenvalue weighted by molar-refractivity contribution is 5.17. The van der Waals surface area contributed by atoms with Crippen molar-refractivity contribution in [3.63, 3.8) is 0 Å². The lowest BCUT2D eigenvalue weighted by atomic mass is 9.82. The number of hydrogen-bond acceptors (Lipinski definition) is 6. The Morgan fingerprint density at radius 1 is 0.500 bits per heavy atom. The fourth-order valence-corrected chi connectivity index (χ4v) is 5.18. The lowest BCUT2D eigenvalue weighted by Crippen LogP contribution is -2.65. The normalized spacial score (nSPS) is 23.6. The van der Waals surface area contributed by atoms with Crippen LogP contribution in [-0.4, -0.2) is 41.7 Å². The molecule has 8 heteroatoms. The van der Waals surface area contributed by atoms with E-state index in [0.29, 0.717) is 0 Å². The Balaban J connectivity index is 1.48. The number of rotatable bonds is 13. The van der Waals surface area contributed by atoms with Crippen molar-refractivity contribution in [3.05, 3.63) is 154 Å². The van der Waals surface area contributed by atoms with E-state index in [-0.39, 0.29) is 26.4 Å². The molecule has 0 saturated heterocycles. The van der Waals surface area contributed by atoms with E-state index in [9.17, 15) is 10.6 Å². The summed E-state index contributed by atoms with van der Waals surface area (Å²) in [5, 5.41) is 15.7. The number of azide groups is 1. The van der Waals surface area contributed by atoms with Crippen LogP contribution in [0, 0.1) is 0 Å². The summed E-state index contributed by atoms with van der Waals surface area (Å²) in [6, 6.07) is 38.0. The van der Waals surface area contributed by atoms with Crippen LogP contribution in [-0.2, 0) is 45.4 Å². The molecule has 0 unspecified atom stereocenters. The number of nitrogens with zero attached hydrogens (tertiary/aromatic N) is 3. The van der Waals surface area contributed by atoms with E-state index in [2.05, 4.69) is 10.0 Å². The molecule has 5 rings (SSSR count). The Morgan fingerprint density at radius 3 is 1.17 bits per heavy atom. The van der Waals surface area contributed by atoms with Gasteiger partial charge in [0.15, 0.2) is 0 Å². The monoisotopic (exact) mass is 565 g/mol. The average molecular weight is 566 g/mol. The topological polar surface area (TPSA) is 106 Å². The van der Waals surface area contributed by atoms with Gasteiger partial charge in [-0.05, 0) is 27.8 Å². The molecule has 1 aliphatic rings. The molecule has 0 aliphatic heterocycles. The summed E-state index contributed by atoms with van der Waals surface area (Å²) < 4.78 is 25.9. The van der Waals surface area contributed by atoms with Crippen LogP contribution < -0.4 is 0 Å². The van der Waals surface area contributed by atoms with Crippen molar-refractivity contribution in [1.29, 1.82) is 0 Å². The van der Waals surface area contributed by atoms with Gasteiger partial charge in [0.1, 0.15) is 18.3 Å². The third kappa shape index (κ3) is 7.84. The number of hydrogen-bond donors (Lipinski definition) is 1. The van der Waals surface area contributed by atoms with Crippen molar-refractivity contribution in [2.24, 2.45) is 5.11 Å². The van der Waals surface area contributed by atoms with Crippen LogP contribution in [0.25, 0.3) is 10.4 Å². The Labute approximate surface area is 246 Å². The standard InChI is InChI=1S/C34H35N3O5/c35-37-36-29-30(38)32(40-22-26-15-7-2-8-16-26)34(42-24-28-19-11-4-12-20-28)33(41-23-27-17-9-3-10-18-27)31(29)39-21-25-13-5-1-6-14-25/h1-20,29-34,38H,21-24H2/t29-,30-,31-,32-,33+,34+/m0/s1. The molecule has 0 spiro atoms. The second-order valence-corrected chi connectivity index (χ2v) is 10.2. The molecule has 1 N–H and O–H groups in total. The Kier molecular flexibility index (Phi) is 10.7. The maximum atomic E-state index is 11.7. The summed E-state index contributed by atoms with van der Waals surface area (Å²) in [6.07, 6.45) is -4.34. The van der Waals surface area contributed by atoms with Crippen LogP contribution in [0.2, 0.25) is 0 Å². The van der Waals surface area contributed by atoms with Gasteiger partial charge in [0.05, 0.1) is 44.7 Å². The van der Waals surface area contributed by atoms with E-state index in [0.717, 1.165) is 22.3 Å². The number of aliphatic hydroxyl groups excluding tert-OH is 1. The van der Waals surface area contributed by atoms with E-state index in [1.165, 1.54) is 0 Å². The summed E-state index contributed by atoms with van der Waals surface area (Å²) in [7, 11) is 0. The van der Waals surface area contributed by atoms with Crippen LogP contribution in [0.3, 0.4) is 0 Å². The molecule has 0 radical (unpaired) electrons. The van der Waals surface area contributed by atoms with Gasteiger partial charge in [-0.15, -0.1) is 0 Å². The molecule has 0 heterocycles. The van der Waals surface area contributed by atoms with Crippen LogP contribution in [0.5, 0.6) is 0 Å². The SMILES string of the molecule is [N-]=[N+]=N[C@H]1[C@H](O)[C@H](OCc2ccccc2)[C@@H](OCc2ccccc2)[C@H](OCc2ccccc2)[C@H]1OCc1ccccc1. The largest absolute Gasteiger partial charge is 0.390 e. The summed E-state index contributed by atoms with van der Waals surface area (Å²) in [4.78, 5) is 3.07. The fourth-order valence-electron chi connectivity index (χ4n) is 5.18. The second-order valence-electron chi connectivity index (χ2n) is 10.2. The molecule has 1 saturated carbocycles. The first-order valence-corrected chi connectivity index (χ1v) is 14.1. The molecule has 1 fully saturated rings.